The summed E-state index contributed by atoms with van der Waals surface area (Å²) in [6, 6.07) is 4.83. The average molecular weight is 331 g/mol. The maximum atomic E-state index is 11.0. The summed E-state index contributed by atoms with van der Waals surface area (Å²) in [6.07, 6.45) is 2.96. The van der Waals surface area contributed by atoms with E-state index < -0.39 is 5.72 Å². The number of likely N-dealkylation sites (tertiary alicyclic amines) is 1. The van der Waals surface area contributed by atoms with Gasteiger partial charge in [-0.05, 0) is 19.2 Å². The summed E-state index contributed by atoms with van der Waals surface area (Å²) in [4.78, 5) is 15.3. The predicted molar refractivity (Wildman–Crippen MR) is 88.9 cm³/mol. The highest BCUT2D eigenvalue weighted by Crippen LogP contribution is 2.43. The number of piperidine rings is 1. The number of likely N-dealkylation sites (N-methyl/N-ethyl adjacent to an activating group) is 1. The van der Waals surface area contributed by atoms with Gasteiger partial charge in [-0.3, -0.25) is 15.0 Å². The molecule has 0 bridgehead atoms. The second-order valence-corrected chi connectivity index (χ2v) is 6.62. The van der Waals surface area contributed by atoms with E-state index in [1.165, 1.54) is 11.6 Å². The summed E-state index contributed by atoms with van der Waals surface area (Å²) in [7, 11) is 2.09. The monoisotopic (exact) mass is 331 g/mol. The van der Waals surface area contributed by atoms with Gasteiger partial charge in [-0.15, -0.1) is 0 Å². The van der Waals surface area contributed by atoms with Crippen LogP contribution >= 0.6 is 0 Å². The van der Waals surface area contributed by atoms with Gasteiger partial charge in [-0.25, -0.2) is 0 Å². The van der Waals surface area contributed by atoms with Crippen LogP contribution in [0.2, 0.25) is 0 Å². The van der Waals surface area contributed by atoms with Gasteiger partial charge in [0.2, 0.25) is 0 Å². The highest BCUT2D eigenvalue weighted by Gasteiger charge is 2.48. The minimum atomic E-state index is -0.445. The third-order valence-corrected chi connectivity index (χ3v) is 5.11. The van der Waals surface area contributed by atoms with E-state index in [0.717, 1.165) is 43.9 Å². The van der Waals surface area contributed by atoms with Crippen LogP contribution in [0.3, 0.4) is 0 Å². The van der Waals surface area contributed by atoms with E-state index in [-0.39, 0.29) is 10.6 Å². The predicted octanol–water partition coefficient (Wildman–Crippen LogP) is 1.73. The van der Waals surface area contributed by atoms with Crippen LogP contribution in [0.15, 0.2) is 23.8 Å². The number of nitro benzene ring substituents is 1. The Bertz CT molecular complexity index is 699. The van der Waals surface area contributed by atoms with Crippen molar-refractivity contribution >= 4 is 11.8 Å². The van der Waals surface area contributed by atoms with Crippen LogP contribution in [0, 0.1) is 10.1 Å². The Hall–Kier alpha value is -1.96. The van der Waals surface area contributed by atoms with Crippen LogP contribution in [-0.2, 0) is 4.74 Å². The van der Waals surface area contributed by atoms with Gasteiger partial charge < -0.3 is 14.4 Å². The van der Waals surface area contributed by atoms with E-state index in [0.29, 0.717) is 13.2 Å². The lowest BCUT2D eigenvalue weighted by Gasteiger charge is -2.52. The van der Waals surface area contributed by atoms with Crippen molar-refractivity contribution in [2.24, 2.45) is 0 Å². The van der Waals surface area contributed by atoms with E-state index >= 15 is 0 Å². The molecular weight excluding hydrogens is 310 g/mol. The molecule has 0 N–H and O–H groups in total. The molecule has 7 heteroatoms. The van der Waals surface area contributed by atoms with Crippen LogP contribution in [0.5, 0.6) is 5.75 Å². The molecule has 0 saturated carbocycles. The summed E-state index contributed by atoms with van der Waals surface area (Å²) in [6.45, 7) is 4.85. The Morgan fingerprint density at radius 1 is 1.25 bits per heavy atom. The number of ether oxygens (including phenoxy) is 2. The molecule has 1 atom stereocenters. The van der Waals surface area contributed by atoms with Crippen LogP contribution in [0.1, 0.15) is 12.0 Å². The molecule has 1 aromatic carbocycles. The first-order valence-corrected chi connectivity index (χ1v) is 8.28. The van der Waals surface area contributed by atoms with Crippen molar-refractivity contribution in [1.82, 2.24) is 9.80 Å². The molecule has 24 heavy (non-hydrogen) atoms. The van der Waals surface area contributed by atoms with Crippen LogP contribution in [-0.4, -0.2) is 66.9 Å². The Labute approximate surface area is 140 Å². The lowest BCUT2D eigenvalue weighted by molar-refractivity contribution is -0.384. The quantitative estimate of drug-likeness (QED) is 0.607. The third kappa shape index (κ3) is 2.49. The molecule has 0 radical (unpaired) electrons. The van der Waals surface area contributed by atoms with Crippen LogP contribution < -0.4 is 4.74 Å². The zero-order valence-electron chi connectivity index (χ0n) is 13.7. The first-order valence-electron chi connectivity index (χ1n) is 8.28. The zero-order valence-corrected chi connectivity index (χ0v) is 13.7. The fourth-order valence-electron chi connectivity index (χ4n) is 3.85. The summed E-state index contributed by atoms with van der Waals surface area (Å²) >= 11 is 0. The van der Waals surface area contributed by atoms with Gasteiger partial charge in [-0.2, -0.15) is 0 Å². The van der Waals surface area contributed by atoms with Gasteiger partial charge in [0, 0.05) is 55.9 Å². The third-order valence-electron chi connectivity index (χ3n) is 5.11. The fraction of sp³-hybridized carbons (Fsp3) is 0.529. The second-order valence-electron chi connectivity index (χ2n) is 6.62. The Morgan fingerprint density at radius 3 is 2.79 bits per heavy atom. The standard InChI is InChI=1S/C17H21N3O4/c1-18-5-4-17(19-6-8-23-9-7-19)14(12-18)10-13-11-15(20(21)22)2-3-16(13)24-17/h2-3,10-11H,4-9,12H2,1H3. The van der Waals surface area contributed by atoms with Crippen molar-refractivity contribution in [2.45, 2.75) is 12.1 Å². The summed E-state index contributed by atoms with van der Waals surface area (Å²) in [5, 5.41) is 11.0. The van der Waals surface area contributed by atoms with Crippen molar-refractivity contribution in [1.29, 1.82) is 0 Å². The molecule has 3 aliphatic rings. The maximum Gasteiger partial charge on any atom is 0.270 e. The van der Waals surface area contributed by atoms with E-state index in [4.69, 9.17) is 9.47 Å². The van der Waals surface area contributed by atoms with Gasteiger partial charge in [-0.1, -0.05) is 0 Å². The molecule has 7 nitrogen and oxygen atoms in total. The molecule has 128 valence electrons. The lowest BCUT2D eigenvalue weighted by atomic mass is 9.88. The molecule has 0 aliphatic carbocycles. The number of morpholine rings is 1. The van der Waals surface area contributed by atoms with Gasteiger partial charge in [0.15, 0.2) is 5.72 Å². The average Bonchev–Trinajstić information content (AvgIpc) is 2.60. The van der Waals surface area contributed by atoms with E-state index in [1.54, 1.807) is 12.1 Å². The smallest absolute Gasteiger partial charge is 0.270 e. The minimum absolute atomic E-state index is 0.0947. The summed E-state index contributed by atoms with van der Waals surface area (Å²) in [5.74, 6) is 0.723. The van der Waals surface area contributed by atoms with E-state index in [1.807, 2.05) is 0 Å². The molecule has 4 rings (SSSR count). The van der Waals surface area contributed by atoms with Crippen LogP contribution in [0.25, 0.3) is 6.08 Å². The topological polar surface area (TPSA) is 68.1 Å². The molecule has 0 aromatic heterocycles. The Balaban J connectivity index is 1.76. The molecular formula is C17H21N3O4. The number of benzene rings is 1. The van der Waals surface area contributed by atoms with Crippen molar-refractivity contribution in [2.75, 3.05) is 46.4 Å². The number of hydrogen-bond donors (Lipinski definition) is 0. The minimum Gasteiger partial charge on any atom is -0.468 e. The lowest BCUT2D eigenvalue weighted by Crippen LogP contribution is -2.63. The van der Waals surface area contributed by atoms with E-state index in [9.17, 15) is 10.1 Å². The molecule has 2 saturated heterocycles. The number of nitro groups is 1. The summed E-state index contributed by atoms with van der Waals surface area (Å²) in [5.41, 5.74) is 1.61. The maximum absolute atomic E-state index is 11.0. The second kappa shape index (κ2) is 5.84. The number of hydrogen-bond acceptors (Lipinski definition) is 6. The first kappa shape index (κ1) is 15.6. The Morgan fingerprint density at radius 2 is 2.04 bits per heavy atom. The van der Waals surface area contributed by atoms with E-state index in [2.05, 4.69) is 22.9 Å². The van der Waals surface area contributed by atoms with Gasteiger partial charge in [0.05, 0.1) is 18.1 Å². The Kier molecular flexibility index (Phi) is 3.79. The van der Waals surface area contributed by atoms with Crippen LogP contribution in [0.4, 0.5) is 5.69 Å². The summed E-state index contributed by atoms with van der Waals surface area (Å²) < 4.78 is 12.0. The molecule has 3 aliphatic heterocycles. The largest absolute Gasteiger partial charge is 0.468 e. The molecule has 1 unspecified atom stereocenters. The molecule has 0 spiro atoms. The fourth-order valence-corrected chi connectivity index (χ4v) is 3.85. The first-order chi connectivity index (χ1) is 11.6. The number of fused-ring (bicyclic) bond motifs is 2. The number of rotatable bonds is 2. The van der Waals surface area contributed by atoms with Crippen molar-refractivity contribution in [3.05, 3.63) is 39.4 Å². The van der Waals surface area contributed by atoms with Gasteiger partial charge in [0.1, 0.15) is 5.75 Å². The van der Waals surface area contributed by atoms with Crippen molar-refractivity contribution in [3.8, 4) is 5.75 Å². The zero-order chi connectivity index (χ0) is 16.7. The molecule has 1 aromatic rings. The highest BCUT2D eigenvalue weighted by molar-refractivity contribution is 5.67. The normalized spacial score (nSPS) is 27.6. The highest BCUT2D eigenvalue weighted by atomic mass is 16.6. The number of non-ortho nitro benzene ring substituents is 1. The molecule has 3 heterocycles. The number of nitrogens with zero attached hydrogens (tertiary/aromatic N) is 3. The van der Waals surface area contributed by atoms with Crippen molar-refractivity contribution < 1.29 is 14.4 Å². The van der Waals surface area contributed by atoms with Crippen molar-refractivity contribution in [3.63, 3.8) is 0 Å². The van der Waals surface area contributed by atoms with Gasteiger partial charge in [0.25, 0.3) is 5.69 Å². The molecule has 0 amide bonds. The molecule has 2 fully saturated rings. The van der Waals surface area contributed by atoms with Gasteiger partial charge >= 0.3 is 0 Å². The SMILES string of the molecule is CN1CCC2(N3CCOCC3)Oc3ccc([N+](=O)[O-])cc3C=C2C1.